The van der Waals surface area contributed by atoms with Gasteiger partial charge in [-0.2, -0.15) is 0 Å². The van der Waals surface area contributed by atoms with Crippen molar-refractivity contribution in [1.82, 2.24) is 10.2 Å². The summed E-state index contributed by atoms with van der Waals surface area (Å²) in [6.45, 7) is 2.30. The van der Waals surface area contributed by atoms with Gasteiger partial charge in [0.25, 0.3) is 11.6 Å². The number of hydrogen-bond donors (Lipinski definition) is 1. The van der Waals surface area contributed by atoms with Gasteiger partial charge in [0.1, 0.15) is 18.1 Å². The van der Waals surface area contributed by atoms with Gasteiger partial charge in [0.2, 0.25) is 0 Å². The van der Waals surface area contributed by atoms with Gasteiger partial charge in [-0.3, -0.25) is 19.8 Å². The third-order valence-electron chi connectivity index (χ3n) is 5.17. The van der Waals surface area contributed by atoms with E-state index in [9.17, 15) is 19.7 Å². The second-order valence-electron chi connectivity index (χ2n) is 7.77. The third-order valence-corrected chi connectivity index (χ3v) is 5.79. The zero-order chi connectivity index (χ0) is 24.2. The Hall–Kier alpha value is -3.98. The zero-order valence-corrected chi connectivity index (χ0v) is 19.7. The number of amides is 3. The average molecular weight is 522 g/mol. The lowest BCUT2D eigenvalue weighted by Gasteiger charge is -2.12. The maximum Gasteiger partial charge on any atom is 0.329 e. The van der Waals surface area contributed by atoms with E-state index in [1.54, 1.807) is 36.4 Å². The Balaban J connectivity index is 1.44. The number of carbonyl (C=O) groups excluding carboxylic acids is 2. The van der Waals surface area contributed by atoms with Crippen molar-refractivity contribution in [1.29, 1.82) is 0 Å². The Labute approximate surface area is 204 Å². The van der Waals surface area contributed by atoms with E-state index in [2.05, 4.69) is 21.2 Å². The highest BCUT2D eigenvalue weighted by molar-refractivity contribution is 9.10. The van der Waals surface area contributed by atoms with Crippen LogP contribution < -0.4 is 10.1 Å². The first kappa shape index (κ1) is 23.2. The SMILES string of the molecule is Cc1cccc(CN2C(=O)N/C(=C/c3ccc(OCc4cccc([N+](=O)[O-])c4)c(Br)c3)C2=O)c1. The van der Waals surface area contributed by atoms with Crippen LogP contribution in [0.5, 0.6) is 5.75 Å². The summed E-state index contributed by atoms with van der Waals surface area (Å²) in [5.41, 5.74) is 3.48. The van der Waals surface area contributed by atoms with Crippen LogP contribution in [0.2, 0.25) is 0 Å². The summed E-state index contributed by atoms with van der Waals surface area (Å²) in [6.07, 6.45) is 1.60. The van der Waals surface area contributed by atoms with E-state index in [1.807, 2.05) is 31.2 Å². The quantitative estimate of drug-likeness (QED) is 0.196. The van der Waals surface area contributed by atoms with Crippen LogP contribution in [0, 0.1) is 17.0 Å². The van der Waals surface area contributed by atoms with Crippen molar-refractivity contribution >= 4 is 39.6 Å². The highest BCUT2D eigenvalue weighted by Gasteiger charge is 2.33. The van der Waals surface area contributed by atoms with Gasteiger partial charge in [0.15, 0.2) is 0 Å². The second kappa shape index (κ2) is 9.88. The molecule has 0 bridgehead atoms. The van der Waals surface area contributed by atoms with Gasteiger partial charge in [-0.25, -0.2) is 4.79 Å². The first-order chi connectivity index (χ1) is 16.3. The summed E-state index contributed by atoms with van der Waals surface area (Å²) >= 11 is 3.45. The van der Waals surface area contributed by atoms with Crippen LogP contribution in [-0.4, -0.2) is 21.8 Å². The number of halogens is 1. The molecule has 3 aromatic carbocycles. The lowest BCUT2D eigenvalue weighted by molar-refractivity contribution is -0.384. The van der Waals surface area contributed by atoms with Crippen molar-refractivity contribution in [2.24, 2.45) is 0 Å². The van der Waals surface area contributed by atoms with Crippen LogP contribution in [-0.2, 0) is 17.9 Å². The van der Waals surface area contributed by atoms with Crippen molar-refractivity contribution in [3.63, 3.8) is 0 Å². The first-order valence-electron chi connectivity index (χ1n) is 10.4. The minimum atomic E-state index is -0.464. The van der Waals surface area contributed by atoms with Gasteiger partial charge in [-0.15, -0.1) is 0 Å². The van der Waals surface area contributed by atoms with Gasteiger partial charge in [0, 0.05) is 12.1 Å². The molecular weight excluding hydrogens is 502 g/mol. The summed E-state index contributed by atoms with van der Waals surface area (Å²) in [7, 11) is 0. The fraction of sp³-hybridized carbons (Fsp3) is 0.120. The van der Waals surface area contributed by atoms with E-state index >= 15 is 0 Å². The number of urea groups is 1. The third kappa shape index (κ3) is 5.32. The number of nitro groups is 1. The summed E-state index contributed by atoms with van der Waals surface area (Å²) in [5, 5.41) is 13.6. The summed E-state index contributed by atoms with van der Waals surface area (Å²) in [4.78, 5) is 36.8. The molecule has 3 aromatic rings. The standard InChI is InChI=1S/C25H20BrN3O5/c1-16-4-2-5-18(10-16)14-28-24(30)22(27-25(28)31)13-17-8-9-23(21(26)12-17)34-15-19-6-3-7-20(11-19)29(32)33/h2-13H,14-15H2,1H3,(H,27,31)/b22-13+. The predicted octanol–water partition coefficient (Wildman–Crippen LogP) is 5.34. The average Bonchev–Trinajstić information content (AvgIpc) is 3.06. The molecule has 172 valence electrons. The fourth-order valence-corrected chi connectivity index (χ4v) is 4.03. The summed E-state index contributed by atoms with van der Waals surface area (Å²) < 4.78 is 6.42. The molecule has 9 heteroatoms. The molecule has 1 saturated heterocycles. The van der Waals surface area contributed by atoms with E-state index in [1.165, 1.54) is 17.0 Å². The number of aryl methyl sites for hydroxylation is 1. The van der Waals surface area contributed by atoms with Gasteiger partial charge in [-0.05, 0) is 57.8 Å². The van der Waals surface area contributed by atoms with Crippen LogP contribution in [0.4, 0.5) is 10.5 Å². The van der Waals surface area contributed by atoms with E-state index in [0.29, 0.717) is 21.3 Å². The molecule has 1 aliphatic heterocycles. The Bertz CT molecular complexity index is 1320. The predicted molar refractivity (Wildman–Crippen MR) is 130 cm³/mol. The highest BCUT2D eigenvalue weighted by Crippen LogP contribution is 2.28. The molecule has 0 radical (unpaired) electrons. The summed E-state index contributed by atoms with van der Waals surface area (Å²) in [6, 6.07) is 18.7. The summed E-state index contributed by atoms with van der Waals surface area (Å²) in [5.74, 6) is 0.144. The maximum absolute atomic E-state index is 12.8. The molecule has 4 rings (SSSR count). The lowest BCUT2D eigenvalue weighted by Crippen LogP contribution is -2.30. The minimum absolute atomic E-state index is 0.00172. The maximum atomic E-state index is 12.8. The smallest absolute Gasteiger partial charge is 0.329 e. The highest BCUT2D eigenvalue weighted by atomic mass is 79.9. The van der Waals surface area contributed by atoms with Gasteiger partial charge < -0.3 is 10.1 Å². The lowest BCUT2D eigenvalue weighted by atomic mass is 10.1. The Morgan fingerprint density at radius 1 is 1.06 bits per heavy atom. The minimum Gasteiger partial charge on any atom is -0.488 e. The van der Waals surface area contributed by atoms with Crippen LogP contribution in [0.15, 0.2) is 76.9 Å². The normalized spacial score (nSPS) is 14.4. The largest absolute Gasteiger partial charge is 0.488 e. The van der Waals surface area contributed by atoms with Crippen LogP contribution in [0.25, 0.3) is 6.08 Å². The van der Waals surface area contributed by atoms with Crippen LogP contribution >= 0.6 is 15.9 Å². The van der Waals surface area contributed by atoms with Crippen molar-refractivity contribution in [2.75, 3.05) is 0 Å². The number of nitro benzene ring substituents is 1. The number of carbonyl (C=O) groups is 2. The number of nitrogens with one attached hydrogen (secondary N) is 1. The van der Waals surface area contributed by atoms with E-state index < -0.39 is 16.9 Å². The van der Waals surface area contributed by atoms with Crippen molar-refractivity contribution in [3.05, 3.63) is 109 Å². The Morgan fingerprint density at radius 2 is 1.82 bits per heavy atom. The molecule has 1 N–H and O–H groups in total. The van der Waals surface area contributed by atoms with E-state index in [-0.39, 0.29) is 24.5 Å². The number of hydrogen-bond acceptors (Lipinski definition) is 5. The van der Waals surface area contributed by atoms with Gasteiger partial charge in [0.05, 0.1) is 15.9 Å². The molecule has 0 aliphatic carbocycles. The molecule has 3 amide bonds. The fourth-order valence-electron chi connectivity index (χ4n) is 3.52. The Kier molecular flexibility index (Phi) is 6.74. The molecule has 1 fully saturated rings. The van der Waals surface area contributed by atoms with Crippen molar-refractivity contribution in [2.45, 2.75) is 20.1 Å². The number of benzene rings is 3. The van der Waals surface area contributed by atoms with Gasteiger partial charge in [-0.1, -0.05) is 48.0 Å². The Morgan fingerprint density at radius 3 is 2.56 bits per heavy atom. The molecule has 8 nitrogen and oxygen atoms in total. The van der Waals surface area contributed by atoms with Crippen molar-refractivity contribution < 1.29 is 19.2 Å². The molecule has 0 aromatic heterocycles. The first-order valence-corrected chi connectivity index (χ1v) is 11.2. The molecule has 34 heavy (non-hydrogen) atoms. The molecule has 1 aliphatic rings. The number of imide groups is 1. The second-order valence-corrected chi connectivity index (χ2v) is 8.63. The number of ether oxygens (including phenoxy) is 1. The molecule has 0 atom stereocenters. The molecule has 0 spiro atoms. The number of nitrogens with zero attached hydrogens (tertiary/aromatic N) is 2. The van der Waals surface area contributed by atoms with Crippen LogP contribution in [0.3, 0.4) is 0 Å². The van der Waals surface area contributed by atoms with E-state index in [0.717, 1.165) is 11.1 Å². The monoisotopic (exact) mass is 521 g/mol. The number of non-ortho nitro benzene ring substituents is 1. The molecule has 1 heterocycles. The van der Waals surface area contributed by atoms with Crippen LogP contribution in [0.1, 0.15) is 22.3 Å². The number of rotatable bonds is 7. The molecular formula is C25H20BrN3O5. The molecule has 0 saturated carbocycles. The van der Waals surface area contributed by atoms with Gasteiger partial charge >= 0.3 is 6.03 Å². The van der Waals surface area contributed by atoms with Crippen molar-refractivity contribution in [3.8, 4) is 5.75 Å². The zero-order valence-electron chi connectivity index (χ0n) is 18.2. The van der Waals surface area contributed by atoms with E-state index in [4.69, 9.17) is 4.74 Å². The topological polar surface area (TPSA) is 102 Å². The molecule has 0 unspecified atom stereocenters.